The zero-order chi connectivity index (χ0) is 22.6. The number of nitrogens with zero attached hydrogens (tertiary/aromatic N) is 2. The molecule has 9 heteroatoms. The van der Waals surface area contributed by atoms with Crippen molar-refractivity contribution in [1.29, 1.82) is 0 Å². The van der Waals surface area contributed by atoms with Gasteiger partial charge in [0, 0.05) is 12.5 Å². The number of ether oxygens (including phenoxy) is 1. The maximum Gasteiger partial charge on any atom is 0.233 e. The topological polar surface area (TPSA) is 98.2 Å². The molecule has 1 amide bonds. The summed E-state index contributed by atoms with van der Waals surface area (Å²) in [5.41, 5.74) is 0.810. The van der Waals surface area contributed by atoms with E-state index < -0.39 is 9.84 Å². The second kappa shape index (κ2) is 9.79. The average molecular weight is 472 g/mol. The fraction of sp³-hybridized carbons (Fsp3) is 0.348. The molecule has 3 aromatic rings. The predicted octanol–water partition coefficient (Wildman–Crippen LogP) is 5.04. The second-order valence-corrected chi connectivity index (χ2v) is 11.1. The molecule has 2 aromatic heterocycles. The highest BCUT2D eigenvalue weighted by atomic mass is 32.2. The number of thiazole rings is 1. The molecule has 1 aromatic carbocycles. The summed E-state index contributed by atoms with van der Waals surface area (Å²) in [4.78, 5) is 21.8. The maximum absolute atomic E-state index is 13.2. The van der Waals surface area contributed by atoms with Gasteiger partial charge in [0.2, 0.25) is 11.0 Å². The van der Waals surface area contributed by atoms with Gasteiger partial charge in [-0.2, -0.15) is 0 Å². The molecule has 1 aliphatic rings. The lowest BCUT2D eigenvalue weighted by atomic mass is 9.87. The fourth-order valence-corrected chi connectivity index (χ4v) is 5.32. The molecule has 0 aliphatic heterocycles. The molecule has 1 saturated carbocycles. The Bertz CT molecular complexity index is 1160. The number of hydrogen-bond donors (Lipinski definition) is 1. The molecule has 0 radical (unpaired) electrons. The first-order valence-electron chi connectivity index (χ1n) is 10.5. The van der Waals surface area contributed by atoms with Crippen molar-refractivity contribution in [1.82, 2.24) is 9.97 Å². The van der Waals surface area contributed by atoms with Gasteiger partial charge in [0.1, 0.15) is 5.75 Å². The SMILES string of the molecule is CS(=O)(=O)c1ccc([C@@H](CC2CCCC2)C(=O)Nc2ncc(Oc3cccnc3)s2)cc1. The molecular weight excluding hydrogens is 446 g/mol. The Labute approximate surface area is 191 Å². The number of aromatic nitrogens is 2. The van der Waals surface area contributed by atoms with Crippen molar-refractivity contribution in [3.8, 4) is 10.8 Å². The summed E-state index contributed by atoms with van der Waals surface area (Å²) in [7, 11) is -3.29. The zero-order valence-corrected chi connectivity index (χ0v) is 19.4. The first-order chi connectivity index (χ1) is 15.4. The minimum Gasteiger partial charge on any atom is -0.443 e. The van der Waals surface area contributed by atoms with E-state index in [0.29, 0.717) is 21.9 Å². The molecular formula is C23H25N3O4S2. The number of sulfone groups is 1. The van der Waals surface area contributed by atoms with Gasteiger partial charge in [-0.25, -0.2) is 13.4 Å². The monoisotopic (exact) mass is 471 g/mol. The van der Waals surface area contributed by atoms with Crippen molar-refractivity contribution in [3.63, 3.8) is 0 Å². The summed E-state index contributed by atoms with van der Waals surface area (Å²) in [5, 5.41) is 3.93. The van der Waals surface area contributed by atoms with Crippen LogP contribution in [0.2, 0.25) is 0 Å². The van der Waals surface area contributed by atoms with Gasteiger partial charge in [0.25, 0.3) is 0 Å². The van der Waals surface area contributed by atoms with Crippen LogP contribution in [0.1, 0.15) is 43.6 Å². The van der Waals surface area contributed by atoms with E-state index in [0.717, 1.165) is 24.8 Å². The zero-order valence-electron chi connectivity index (χ0n) is 17.7. The van der Waals surface area contributed by atoms with Crippen LogP contribution in [0.5, 0.6) is 10.8 Å². The standard InChI is InChI=1S/C23H25N3O4S2/c1-32(28,29)19-10-8-17(9-11-19)20(13-16-5-2-3-6-16)22(27)26-23-25-15-21(31-23)30-18-7-4-12-24-14-18/h4,7-12,14-16,20H,2-3,5-6,13H2,1H3,(H,25,26,27)/t20-/m1/s1. The molecule has 0 bridgehead atoms. The highest BCUT2D eigenvalue weighted by Crippen LogP contribution is 2.36. The first kappa shape index (κ1) is 22.4. The Kier molecular flexibility index (Phi) is 6.86. The number of anilines is 1. The van der Waals surface area contributed by atoms with Crippen LogP contribution < -0.4 is 10.1 Å². The molecule has 1 aliphatic carbocycles. The number of pyridine rings is 1. The first-order valence-corrected chi connectivity index (χ1v) is 13.2. The van der Waals surface area contributed by atoms with E-state index in [2.05, 4.69) is 15.3 Å². The molecule has 32 heavy (non-hydrogen) atoms. The molecule has 2 heterocycles. The summed E-state index contributed by atoms with van der Waals surface area (Å²) in [5.74, 6) is 0.560. The lowest BCUT2D eigenvalue weighted by Crippen LogP contribution is -2.23. The third-order valence-corrected chi connectivity index (χ3v) is 7.56. The Morgan fingerprint density at radius 2 is 1.94 bits per heavy atom. The van der Waals surface area contributed by atoms with Crippen LogP contribution in [0, 0.1) is 5.92 Å². The van der Waals surface area contributed by atoms with Crippen LogP contribution in [0.4, 0.5) is 5.13 Å². The van der Waals surface area contributed by atoms with Gasteiger partial charge in [-0.05, 0) is 42.2 Å². The number of carbonyl (C=O) groups excluding carboxylic acids is 1. The second-order valence-electron chi connectivity index (χ2n) is 8.04. The van der Waals surface area contributed by atoms with E-state index in [-0.39, 0.29) is 16.7 Å². The van der Waals surface area contributed by atoms with Crippen LogP contribution in [-0.2, 0) is 14.6 Å². The largest absolute Gasteiger partial charge is 0.443 e. The van der Waals surface area contributed by atoms with Gasteiger partial charge in [0.05, 0.1) is 23.2 Å². The number of benzene rings is 1. The van der Waals surface area contributed by atoms with E-state index >= 15 is 0 Å². The van der Waals surface area contributed by atoms with Crippen molar-refractivity contribution in [2.45, 2.75) is 42.9 Å². The Morgan fingerprint density at radius 1 is 1.19 bits per heavy atom. The molecule has 1 N–H and O–H groups in total. The maximum atomic E-state index is 13.2. The summed E-state index contributed by atoms with van der Waals surface area (Å²) < 4.78 is 29.3. The van der Waals surface area contributed by atoms with Gasteiger partial charge in [0.15, 0.2) is 15.0 Å². The lowest BCUT2D eigenvalue weighted by molar-refractivity contribution is -0.118. The predicted molar refractivity (Wildman–Crippen MR) is 124 cm³/mol. The van der Waals surface area contributed by atoms with Gasteiger partial charge in [-0.15, -0.1) is 0 Å². The highest BCUT2D eigenvalue weighted by molar-refractivity contribution is 7.90. The summed E-state index contributed by atoms with van der Waals surface area (Å²) in [6.07, 6.45) is 11.4. The molecule has 7 nitrogen and oxygen atoms in total. The quantitative estimate of drug-likeness (QED) is 0.494. The van der Waals surface area contributed by atoms with Gasteiger partial charge < -0.3 is 10.1 Å². The van der Waals surface area contributed by atoms with Gasteiger partial charge in [-0.1, -0.05) is 49.2 Å². The number of carbonyl (C=O) groups is 1. The minimum absolute atomic E-state index is 0.147. The smallest absolute Gasteiger partial charge is 0.233 e. The molecule has 168 valence electrons. The van der Waals surface area contributed by atoms with Crippen molar-refractivity contribution < 1.29 is 17.9 Å². The van der Waals surface area contributed by atoms with E-state index in [4.69, 9.17) is 4.74 Å². The molecule has 1 atom stereocenters. The van der Waals surface area contributed by atoms with Gasteiger partial charge in [-0.3, -0.25) is 9.78 Å². The summed E-state index contributed by atoms with van der Waals surface area (Å²) in [6.45, 7) is 0. The highest BCUT2D eigenvalue weighted by Gasteiger charge is 2.27. The summed E-state index contributed by atoms with van der Waals surface area (Å²) >= 11 is 1.24. The molecule has 0 unspecified atom stereocenters. The minimum atomic E-state index is -3.29. The lowest BCUT2D eigenvalue weighted by Gasteiger charge is -2.20. The van der Waals surface area contributed by atoms with Crippen LogP contribution in [-0.4, -0.2) is 30.5 Å². The number of nitrogens with one attached hydrogen (secondary N) is 1. The summed E-state index contributed by atoms with van der Waals surface area (Å²) in [6, 6.07) is 10.2. The van der Waals surface area contributed by atoms with E-state index in [1.807, 2.05) is 0 Å². The Morgan fingerprint density at radius 3 is 2.59 bits per heavy atom. The molecule has 1 fully saturated rings. The third kappa shape index (κ3) is 5.72. The van der Waals surface area contributed by atoms with Gasteiger partial charge >= 0.3 is 0 Å². The molecule has 4 rings (SSSR count). The molecule has 0 saturated heterocycles. The molecule has 0 spiro atoms. The van der Waals surface area contributed by atoms with E-state index in [1.165, 1.54) is 30.4 Å². The van der Waals surface area contributed by atoms with Crippen molar-refractivity contribution in [2.75, 3.05) is 11.6 Å². The van der Waals surface area contributed by atoms with Crippen molar-refractivity contribution >= 4 is 32.2 Å². The number of amides is 1. The Balaban J connectivity index is 1.50. The number of hydrogen-bond acceptors (Lipinski definition) is 7. The van der Waals surface area contributed by atoms with Crippen molar-refractivity contribution in [3.05, 3.63) is 60.6 Å². The number of rotatable bonds is 8. The third-order valence-electron chi connectivity index (χ3n) is 5.64. The van der Waals surface area contributed by atoms with Crippen LogP contribution in [0.25, 0.3) is 0 Å². The van der Waals surface area contributed by atoms with E-state index in [1.54, 1.807) is 55.0 Å². The average Bonchev–Trinajstić information content (AvgIpc) is 3.44. The van der Waals surface area contributed by atoms with Crippen LogP contribution in [0.15, 0.2) is 59.9 Å². The Hall–Kier alpha value is -2.78. The van der Waals surface area contributed by atoms with E-state index in [9.17, 15) is 13.2 Å². The fourth-order valence-electron chi connectivity index (χ4n) is 4.00. The van der Waals surface area contributed by atoms with Crippen LogP contribution in [0.3, 0.4) is 0 Å². The van der Waals surface area contributed by atoms with Crippen LogP contribution >= 0.6 is 11.3 Å². The van der Waals surface area contributed by atoms with Crippen molar-refractivity contribution in [2.24, 2.45) is 5.92 Å². The normalized spacial score (nSPS) is 15.4.